The Morgan fingerprint density at radius 3 is 2.65 bits per heavy atom. The summed E-state index contributed by atoms with van der Waals surface area (Å²) in [5.74, 6) is 0.154. The quantitative estimate of drug-likeness (QED) is 0.200. The number of methoxy groups -OCH3 is 1. The Balaban J connectivity index is 1.40. The number of nitrogens with zero attached hydrogens (tertiary/aromatic N) is 7. The summed E-state index contributed by atoms with van der Waals surface area (Å²) in [5.41, 5.74) is 3.78. The number of allylic oxidation sites excluding steroid dienone is 4. The van der Waals surface area contributed by atoms with Crippen LogP contribution in [0.5, 0.6) is 0 Å². The molecule has 1 aliphatic heterocycles. The topological polar surface area (TPSA) is 157 Å². The van der Waals surface area contributed by atoms with Gasteiger partial charge in [-0.25, -0.2) is 4.79 Å². The van der Waals surface area contributed by atoms with Crippen LogP contribution in [0.4, 0.5) is 4.79 Å². The van der Waals surface area contributed by atoms with E-state index in [1.165, 1.54) is 24.2 Å². The highest BCUT2D eigenvalue weighted by Crippen LogP contribution is 2.34. The molecular weight excluding hydrogens is 657 g/mol. The third kappa shape index (κ3) is 9.26. The number of alkyl carbamates (subject to hydrolysis) is 1. The van der Waals surface area contributed by atoms with Crippen LogP contribution < -0.4 is 10.6 Å². The minimum absolute atomic E-state index is 0.141. The summed E-state index contributed by atoms with van der Waals surface area (Å²) in [6.07, 6.45) is 11.7. The fourth-order valence-electron chi connectivity index (χ4n) is 5.59. The molecule has 2 fully saturated rings. The van der Waals surface area contributed by atoms with Crippen molar-refractivity contribution in [3.8, 4) is 5.69 Å². The number of carbonyl (C=O) groups is 3. The SMILES string of the molecule is COC(=O)N/C(C)=C/C=C(\C)c1cc(C(CC2CCCN(C(=O)C3CC3)C2)NC(=O)/C=C/c2cc(Cl)ccc2-n2cnnn2)nnc1Cl. The van der Waals surface area contributed by atoms with Gasteiger partial charge in [0.1, 0.15) is 6.33 Å². The Labute approximate surface area is 288 Å². The molecule has 1 saturated heterocycles. The first-order chi connectivity index (χ1) is 23.1. The highest BCUT2D eigenvalue weighted by molar-refractivity contribution is 6.31. The molecule has 3 heterocycles. The van der Waals surface area contributed by atoms with E-state index in [1.807, 2.05) is 17.9 Å². The summed E-state index contributed by atoms with van der Waals surface area (Å²) in [7, 11) is 1.29. The van der Waals surface area contributed by atoms with Gasteiger partial charge in [-0.2, -0.15) is 9.78 Å². The Bertz CT molecular complexity index is 1740. The highest BCUT2D eigenvalue weighted by atomic mass is 35.5. The summed E-state index contributed by atoms with van der Waals surface area (Å²) in [6, 6.07) is 6.48. The van der Waals surface area contributed by atoms with E-state index in [1.54, 1.807) is 43.4 Å². The number of tetrazole rings is 1. The van der Waals surface area contributed by atoms with Gasteiger partial charge in [-0.05, 0) is 104 Å². The van der Waals surface area contributed by atoms with Crippen LogP contribution in [0.3, 0.4) is 0 Å². The summed E-state index contributed by atoms with van der Waals surface area (Å²) in [6.45, 7) is 4.97. The number of hydrogen-bond acceptors (Lipinski definition) is 9. The van der Waals surface area contributed by atoms with Crippen molar-refractivity contribution in [1.29, 1.82) is 0 Å². The minimum Gasteiger partial charge on any atom is -0.453 e. The number of nitrogens with one attached hydrogen (secondary N) is 2. The van der Waals surface area contributed by atoms with Gasteiger partial charge >= 0.3 is 6.09 Å². The Morgan fingerprint density at radius 1 is 1.10 bits per heavy atom. The second kappa shape index (κ2) is 16.0. The largest absolute Gasteiger partial charge is 0.453 e. The van der Waals surface area contributed by atoms with Crippen LogP contribution in [0.1, 0.15) is 68.8 Å². The number of hydrogen-bond donors (Lipinski definition) is 2. The number of aromatic nitrogens is 6. The lowest BCUT2D eigenvalue weighted by atomic mass is 9.89. The Morgan fingerprint density at radius 2 is 1.92 bits per heavy atom. The lowest BCUT2D eigenvalue weighted by Gasteiger charge is -2.34. The van der Waals surface area contributed by atoms with Crippen LogP contribution in [0.25, 0.3) is 17.3 Å². The second-order valence-electron chi connectivity index (χ2n) is 11.9. The average Bonchev–Trinajstić information content (AvgIpc) is 3.79. The standard InChI is InChI=1S/C33H37Cl2N9O4/c1-20(6-7-21(2)37-33(47)48-3)26-17-28(39-40-31(26)35)27(15-22-5-4-14-43(18-22)32(46)23-8-9-23)38-30(45)13-10-24-16-25(34)11-12-29(24)44-19-36-41-42-44/h6-7,10-13,16-17,19,22-23,27H,4-5,8-9,14-15,18H2,1-3H3,(H,37,47)(H,38,45)/b13-10+,20-6+,21-7+. The molecule has 5 rings (SSSR count). The van der Waals surface area contributed by atoms with Gasteiger partial charge in [0.05, 0.1) is 24.5 Å². The van der Waals surface area contributed by atoms with E-state index in [0.29, 0.717) is 46.2 Å². The molecule has 48 heavy (non-hydrogen) atoms. The molecule has 1 aliphatic carbocycles. The zero-order valence-corrected chi connectivity index (χ0v) is 28.4. The van der Waals surface area contributed by atoms with Crippen LogP contribution in [0.2, 0.25) is 10.2 Å². The van der Waals surface area contributed by atoms with Gasteiger partial charge in [0, 0.05) is 46.9 Å². The average molecular weight is 695 g/mol. The number of benzene rings is 1. The summed E-state index contributed by atoms with van der Waals surface area (Å²) >= 11 is 12.8. The van der Waals surface area contributed by atoms with Crippen molar-refractivity contribution in [2.75, 3.05) is 20.2 Å². The summed E-state index contributed by atoms with van der Waals surface area (Å²) in [5, 5.41) is 26.4. The van der Waals surface area contributed by atoms with Crippen molar-refractivity contribution in [2.24, 2.45) is 11.8 Å². The maximum atomic E-state index is 13.5. The third-order valence-corrected chi connectivity index (χ3v) is 8.77. The lowest BCUT2D eigenvalue weighted by molar-refractivity contribution is -0.134. The maximum Gasteiger partial charge on any atom is 0.411 e. The molecule has 0 radical (unpaired) electrons. The number of rotatable bonds is 11. The van der Waals surface area contributed by atoms with Crippen molar-refractivity contribution >= 4 is 52.8 Å². The fraction of sp³-hybridized carbons (Fsp3) is 0.394. The molecule has 3 amide bonds. The predicted molar refractivity (Wildman–Crippen MR) is 181 cm³/mol. The highest BCUT2D eigenvalue weighted by Gasteiger charge is 2.36. The van der Waals surface area contributed by atoms with E-state index in [4.69, 9.17) is 23.2 Å². The van der Waals surface area contributed by atoms with Crippen LogP contribution >= 0.6 is 23.2 Å². The Hall–Kier alpha value is -4.62. The van der Waals surface area contributed by atoms with Gasteiger partial charge in [0.25, 0.3) is 0 Å². The van der Waals surface area contributed by atoms with Gasteiger partial charge in [-0.15, -0.1) is 10.2 Å². The molecule has 252 valence electrons. The third-order valence-electron chi connectivity index (χ3n) is 8.26. The van der Waals surface area contributed by atoms with Crippen molar-refractivity contribution in [3.05, 3.63) is 81.5 Å². The van der Waals surface area contributed by atoms with Crippen LogP contribution in [0.15, 0.2) is 54.5 Å². The van der Waals surface area contributed by atoms with Crippen LogP contribution in [0, 0.1) is 11.8 Å². The molecule has 3 aromatic rings. The predicted octanol–water partition coefficient (Wildman–Crippen LogP) is 5.33. The first kappa shape index (κ1) is 34.7. The Kier molecular flexibility index (Phi) is 11.6. The van der Waals surface area contributed by atoms with Crippen LogP contribution in [-0.4, -0.2) is 73.4 Å². The molecule has 13 nitrogen and oxygen atoms in total. The van der Waals surface area contributed by atoms with E-state index >= 15 is 0 Å². The zero-order valence-electron chi connectivity index (χ0n) is 26.9. The molecule has 2 aliphatic rings. The van der Waals surface area contributed by atoms with Gasteiger partial charge in [-0.3, -0.25) is 14.9 Å². The molecule has 0 spiro atoms. The number of ether oxygens (including phenoxy) is 1. The van der Waals surface area contributed by atoms with Crippen LogP contribution in [-0.2, 0) is 14.3 Å². The minimum atomic E-state index is -0.574. The van der Waals surface area contributed by atoms with Crippen molar-refractivity contribution in [1.82, 2.24) is 45.9 Å². The molecule has 1 saturated carbocycles. The van der Waals surface area contributed by atoms with E-state index in [9.17, 15) is 14.4 Å². The first-order valence-electron chi connectivity index (χ1n) is 15.6. The fourth-order valence-corrected chi connectivity index (χ4v) is 6.01. The molecule has 2 unspecified atom stereocenters. The number of halogens is 2. The first-order valence-corrected chi connectivity index (χ1v) is 16.4. The molecule has 1 aromatic carbocycles. The van der Waals surface area contributed by atoms with E-state index in [0.717, 1.165) is 37.8 Å². The van der Waals surface area contributed by atoms with Gasteiger partial charge in [0.15, 0.2) is 5.15 Å². The molecule has 15 heteroatoms. The van der Waals surface area contributed by atoms with Crippen molar-refractivity contribution < 1.29 is 19.1 Å². The number of piperidine rings is 1. The second-order valence-corrected chi connectivity index (χ2v) is 12.7. The number of carbonyl (C=O) groups excluding carboxylic acids is 3. The monoisotopic (exact) mass is 693 g/mol. The molecule has 2 atom stereocenters. The number of likely N-dealkylation sites (tertiary alicyclic amines) is 1. The molecule has 0 bridgehead atoms. The van der Waals surface area contributed by atoms with E-state index < -0.39 is 12.1 Å². The zero-order chi connectivity index (χ0) is 34.2. The molecule has 2 N–H and O–H groups in total. The van der Waals surface area contributed by atoms with Gasteiger partial charge < -0.3 is 15.0 Å². The molecule has 2 aromatic heterocycles. The smallest absolute Gasteiger partial charge is 0.411 e. The molecular formula is C33H37Cl2N9O4. The van der Waals surface area contributed by atoms with E-state index in [2.05, 4.69) is 41.1 Å². The van der Waals surface area contributed by atoms with Crippen molar-refractivity contribution in [2.45, 2.75) is 52.0 Å². The van der Waals surface area contributed by atoms with Gasteiger partial charge in [-0.1, -0.05) is 29.3 Å². The van der Waals surface area contributed by atoms with Gasteiger partial charge in [0.2, 0.25) is 11.8 Å². The normalized spacial score (nSPS) is 17.7. The number of amides is 3. The van der Waals surface area contributed by atoms with E-state index in [-0.39, 0.29) is 28.8 Å². The lowest BCUT2D eigenvalue weighted by Crippen LogP contribution is -2.42. The maximum absolute atomic E-state index is 13.5. The van der Waals surface area contributed by atoms with Crippen molar-refractivity contribution in [3.63, 3.8) is 0 Å². The summed E-state index contributed by atoms with van der Waals surface area (Å²) < 4.78 is 6.13. The summed E-state index contributed by atoms with van der Waals surface area (Å²) in [4.78, 5) is 39.9.